The summed E-state index contributed by atoms with van der Waals surface area (Å²) in [6, 6.07) is 3.65. The van der Waals surface area contributed by atoms with E-state index in [0.717, 1.165) is 30.4 Å². The van der Waals surface area contributed by atoms with Crippen molar-refractivity contribution in [3.05, 3.63) is 23.9 Å². The number of aromatic nitrogens is 1. The Kier molecular flexibility index (Phi) is 6.39. The van der Waals surface area contributed by atoms with E-state index in [0.29, 0.717) is 18.9 Å². The van der Waals surface area contributed by atoms with Crippen molar-refractivity contribution in [1.82, 2.24) is 10.3 Å². The van der Waals surface area contributed by atoms with Crippen LogP contribution < -0.4 is 16.0 Å². The Morgan fingerprint density at radius 2 is 2.09 bits per heavy atom. The number of piperidine rings is 1. The van der Waals surface area contributed by atoms with Gasteiger partial charge in [0.1, 0.15) is 5.82 Å². The molecule has 2 heterocycles. The van der Waals surface area contributed by atoms with Crippen LogP contribution in [0, 0.1) is 11.8 Å². The molecule has 1 amide bonds. The Labute approximate surface area is 139 Å². The van der Waals surface area contributed by atoms with Gasteiger partial charge in [0, 0.05) is 25.8 Å². The van der Waals surface area contributed by atoms with E-state index < -0.39 is 6.04 Å². The van der Waals surface area contributed by atoms with Crippen molar-refractivity contribution in [1.29, 1.82) is 0 Å². The van der Waals surface area contributed by atoms with E-state index in [-0.39, 0.29) is 5.91 Å². The van der Waals surface area contributed by atoms with Gasteiger partial charge in [0.15, 0.2) is 0 Å². The molecule has 0 unspecified atom stereocenters. The number of nitrogens with one attached hydrogen (secondary N) is 1. The lowest BCUT2D eigenvalue weighted by Gasteiger charge is -2.31. The fourth-order valence-electron chi connectivity index (χ4n) is 2.88. The molecule has 0 radical (unpaired) electrons. The zero-order valence-electron chi connectivity index (χ0n) is 14.6. The van der Waals surface area contributed by atoms with Gasteiger partial charge in [-0.2, -0.15) is 0 Å². The summed E-state index contributed by atoms with van der Waals surface area (Å²) in [5.41, 5.74) is 6.88. The average molecular weight is 318 g/mol. The van der Waals surface area contributed by atoms with Crippen LogP contribution in [0.1, 0.15) is 45.6 Å². The summed E-state index contributed by atoms with van der Waals surface area (Å²) in [6.07, 6.45) is 5.01. The average Bonchev–Trinajstić information content (AvgIpc) is 2.53. The number of hydrogen-bond donors (Lipinski definition) is 2. The first-order chi connectivity index (χ1) is 11.0. The van der Waals surface area contributed by atoms with Crippen molar-refractivity contribution >= 4 is 11.7 Å². The predicted molar refractivity (Wildman–Crippen MR) is 94.1 cm³/mol. The minimum atomic E-state index is -0.433. The van der Waals surface area contributed by atoms with Gasteiger partial charge in [0.2, 0.25) is 5.91 Å². The van der Waals surface area contributed by atoms with Gasteiger partial charge >= 0.3 is 0 Å². The van der Waals surface area contributed by atoms with Gasteiger partial charge in [0.25, 0.3) is 0 Å². The second kappa shape index (κ2) is 8.29. The van der Waals surface area contributed by atoms with Gasteiger partial charge in [0.05, 0.1) is 6.04 Å². The maximum Gasteiger partial charge on any atom is 0.237 e. The second-order valence-corrected chi connectivity index (χ2v) is 7.15. The Balaban J connectivity index is 1.82. The third kappa shape index (κ3) is 5.50. The van der Waals surface area contributed by atoms with E-state index >= 15 is 0 Å². The first-order valence-corrected chi connectivity index (χ1v) is 8.69. The van der Waals surface area contributed by atoms with Crippen LogP contribution in [0.25, 0.3) is 0 Å². The molecule has 1 atom stereocenters. The standard InChI is InChI=1S/C18H30N4O/c1-13(2)10-16(19)18(23)21-12-15-4-5-17(20-11-15)22-8-6-14(3)7-9-22/h4-5,11,13-14,16H,6-10,12,19H2,1-3H3,(H,21,23)/t16-/m0/s1. The molecular weight excluding hydrogens is 288 g/mol. The van der Waals surface area contributed by atoms with Crippen molar-refractivity contribution in [3.8, 4) is 0 Å². The molecule has 0 spiro atoms. The summed E-state index contributed by atoms with van der Waals surface area (Å²) in [5.74, 6) is 2.18. The molecule has 1 aromatic heterocycles. The molecule has 5 nitrogen and oxygen atoms in total. The molecule has 0 bridgehead atoms. The fraction of sp³-hybridized carbons (Fsp3) is 0.667. The highest BCUT2D eigenvalue weighted by molar-refractivity contribution is 5.81. The van der Waals surface area contributed by atoms with Crippen molar-refractivity contribution in [2.24, 2.45) is 17.6 Å². The normalized spacial score (nSPS) is 17.3. The molecule has 1 aliphatic heterocycles. The van der Waals surface area contributed by atoms with Crippen LogP contribution in [-0.4, -0.2) is 30.0 Å². The van der Waals surface area contributed by atoms with Gasteiger partial charge in [-0.15, -0.1) is 0 Å². The first-order valence-electron chi connectivity index (χ1n) is 8.69. The van der Waals surface area contributed by atoms with Crippen molar-refractivity contribution in [3.63, 3.8) is 0 Å². The van der Waals surface area contributed by atoms with Gasteiger partial charge in [-0.1, -0.05) is 26.8 Å². The molecule has 23 heavy (non-hydrogen) atoms. The molecule has 128 valence electrons. The smallest absolute Gasteiger partial charge is 0.237 e. The zero-order chi connectivity index (χ0) is 16.8. The lowest BCUT2D eigenvalue weighted by molar-refractivity contribution is -0.122. The minimum Gasteiger partial charge on any atom is -0.357 e. The van der Waals surface area contributed by atoms with Crippen molar-refractivity contribution in [2.45, 2.75) is 52.6 Å². The Hall–Kier alpha value is -1.62. The molecule has 5 heteroatoms. The number of rotatable bonds is 6. The van der Waals surface area contributed by atoms with E-state index in [2.05, 4.69) is 36.0 Å². The maximum absolute atomic E-state index is 11.9. The fourth-order valence-corrected chi connectivity index (χ4v) is 2.88. The van der Waals surface area contributed by atoms with E-state index in [9.17, 15) is 4.79 Å². The summed E-state index contributed by atoms with van der Waals surface area (Å²) < 4.78 is 0. The molecule has 1 aromatic rings. The van der Waals surface area contributed by atoms with Gasteiger partial charge < -0.3 is 16.0 Å². The van der Waals surface area contributed by atoms with E-state index in [4.69, 9.17) is 5.73 Å². The molecule has 1 aliphatic rings. The number of nitrogens with zero attached hydrogens (tertiary/aromatic N) is 2. The topological polar surface area (TPSA) is 71.2 Å². The number of pyridine rings is 1. The monoisotopic (exact) mass is 318 g/mol. The van der Waals surface area contributed by atoms with E-state index in [1.165, 1.54) is 12.8 Å². The number of anilines is 1. The third-order valence-corrected chi connectivity index (χ3v) is 4.45. The lowest BCUT2D eigenvalue weighted by Crippen LogP contribution is -2.41. The summed E-state index contributed by atoms with van der Waals surface area (Å²) in [6.45, 7) is 9.08. The van der Waals surface area contributed by atoms with Gasteiger partial charge in [-0.05, 0) is 42.7 Å². The number of nitrogens with two attached hydrogens (primary N) is 1. The highest BCUT2D eigenvalue weighted by atomic mass is 16.2. The molecule has 0 saturated carbocycles. The van der Waals surface area contributed by atoms with Crippen molar-refractivity contribution in [2.75, 3.05) is 18.0 Å². The molecule has 3 N–H and O–H groups in total. The van der Waals surface area contributed by atoms with E-state index in [1.54, 1.807) is 0 Å². The number of amides is 1. The number of hydrogen-bond acceptors (Lipinski definition) is 4. The minimum absolute atomic E-state index is 0.0900. The zero-order valence-corrected chi connectivity index (χ0v) is 14.6. The Morgan fingerprint density at radius 3 is 2.65 bits per heavy atom. The van der Waals surface area contributed by atoms with Crippen LogP contribution in [0.15, 0.2) is 18.3 Å². The van der Waals surface area contributed by atoms with Gasteiger partial charge in [-0.3, -0.25) is 4.79 Å². The summed E-state index contributed by atoms with van der Waals surface area (Å²) >= 11 is 0. The quantitative estimate of drug-likeness (QED) is 0.844. The van der Waals surface area contributed by atoms with Crippen LogP contribution in [0.5, 0.6) is 0 Å². The summed E-state index contributed by atoms with van der Waals surface area (Å²) in [4.78, 5) is 18.8. The third-order valence-electron chi connectivity index (χ3n) is 4.45. The van der Waals surface area contributed by atoms with Crippen LogP contribution >= 0.6 is 0 Å². The Bertz CT molecular complexity index is 492. The SMILES string of the molecule is CC(C)C[C@H](N)C(=O)NCc1ccc(N2CCC(C)CC2)nc1. The molecule has 2 rings (SSSR count). The number of carbonyl (C=O) groups is 1. The van der Waals surface area contributed by atoms with E-state index in [1.807, 2.05) is 18.3 Å². The lowest BCUT2D eigenvalue weighted by atomic mass is 9.99. The molecule has 1 saturated heterocycles. The molecule has 1 fully saturated rings. The maximum atomic E-state index is 11.9. The van der Waals surface area contributed by atoms with Crippen molar-refractivity contribution < 1.29 is 4.79 Å². The van der Waals surface area contributed by atoms with Crippen LogP contribution in [-0.2, 0) is 11.3 Å². The van der Waals surface area contributed by atoms with Crippen LogP contribution in [0.3, 0.4) is 0 Å². The molecule has 0 aromatic carbocycles. The first kappa shape index (κ1) is 17.7. The number of carbonyl (C=O) groups excluding carboxylic acids is 1. The summed E-state index contributed by atoms with van der Waals surface area (Å²) in [5, 5.41) is 2.89. The summed E-state index contributed by atoms with van der Waals surface area (Å²) in [7, 11) is 0. The predicted octanol–water partition coefficient (Wildman–Crippen LogP) is 2.31. The second-order valence-electron chi connectivity index (χ2n) is 7.15. The Morgan fingerprint density at radius 1 is 1.39 bits per heavy atom. The molecule has 0 aliphatic carbocycles. The highest BCUT2D eigenvalue weighted by Gasteiger charge is 2.17. The van der Waals surface area contributed by atoms with Crippen LogP contribution in [0.2, 0.25) is 0 Å². The molecular formula is C18H30N4O. The highest BCUT2D eigenvalue weighted by Crippen LogP contribution is 2.21. The van der Waals surface area contributed by atoms with Gasteiger partial charge in [-0.25, -0.2) is 4.98 Å². The largest absolute Gasteiger partial charge is 0.357 e. The van der Waals surface area contributed by atoms with Crippen LogP contribution in [0.4, 0.5) is 5.82 Å².